The Morgan fingerprint density at radius 1 is 1.00 bits per heavy atom. The summed E-state index contributed by atoms with van der Waals surface area (Å²) in [5.41, 5.74) is 1.14. The van der Waals surface area contributed by atoms with Crippen molar-refractivity contribution in [1.82, 2.24) is 14.8 Å². The fourth-order valence-corrected chi connectivity index (χ4v) is 6.99. The van der Waals surface area contributed by atoms with Gasteiger partial charge < -0.3 is 4.90 Å². The van der Waals surface area contributed by atoms with Crippen LogP contribution in [0.3, 0.4) is 0 Å². The van der Waals surface area contributed by atoms with Crippen LogP contribution in [0.5, 0.6) is 0 Å². The maximum Gasteiger partial charge on any atom is 0.226 e. The van der Waals surface area contributed by atoms with Crippen molar-refractivity contribution < 1.29 is 13.2 Å². The van der Waals surface area contributed by atoms with Gasteiger partial charge in [0.25, 0.3) is 0 Å². The highest BCUT2D eigenvalue weighted by atomic mass is 32.2. The lowest BCUT2D eigenvalue weighted by Gasteiger charge is -2.45. The summed E-state index contributed by atoms with van der Waals surface area (Å²) in [6.07, 6.45) is 10.1. The Hall–Kier alpha value is -1.47. The Labute approximate surface area is 161 Å². The van der Waals surface area contributed by atoms with Gasteiger partial charge in [0.05, 0.1) is 17.5 Å². The minimum absolute atomic E-state index is 0.0863. The minimum atomic E-state index is -3.11. The van der Waals surface area contributed by atoms with Crippen molar-refractivity contribution in [3.8, 4) is 0 Å². The lowest BCUT2D eigenvalue weighted by molar-refractivity contribution is -0.142. The van der Waals surface area contributed by atoms with E-state index in [1.807, 2.05) is 17.0 Å². The summed E-state index contributed by atoms with van der Waals surface area (Å²) in [5.74, 6) is 0.566. The van der Waals surface area contributed by atoms with Crippen LogP contribution in [0.4, 0.5) is 0 Å². The number of nitrogens with zero attached hydrogens (tertiary/aromatic N) is 3. The number of hydrogen-bond acceptors (Lipinski definition) is 5. The van der Waals surface area contributed by atoms with E-state index in [1.165, 1.54) is 12.8 Å². The second-order valence-electron chi connectivity index (χ2n) is 8.26. The van der Waals surface area contributed by atoms with Crippen molar-refractivity contribution in [2.45, 2.75) is 57.2 Å². The van der Waals surface area contributed by atoms with E-state index in [9.17, 15) is 13.2 Å². The first-order valence-corrected chi connectivity index (χ1v) is 12.0. The van der Waals surface area contributed by atoms with E-state index in [4.69, 9.17) is 0 Å². The van der Waals surface area contributed by atoms with Crippen LogP contribution in [-0.4, -0.2) is 65.8 Å². The molecule has 0 aromatic carbocycles. The van der Waals surface area contributed by atoms with Crippen LogP contribution < -0.4 is 0 Å². The molecule has 0 unspecified atom stereocenters. The lowest BCUT2D eigenvalue weighted by Crippen LogP contribution is -2.61. The highest BCUT2D eigenvalue weighted by molar-refractivity contribution is 7.91. The predicted molar refractivity (Wildman–Crippen MR) is 104 cm³/mol. The van der Waals surface area contributed by atoms with E-state index >= 15 is 0 Å². The number of fused-ring (bicyclic) bond motifs is 1. The van der Waals surface area contributed by atoms with Crippen LogP contribution in [0, 0.1) is 5.92 Å². The van der Waals surface area contributed by atoms with Gasteiger partial charge in [-0.1, -0.05) is 25.7 Å². The standard InChI is InChI=1S/C20H29N3O3S/c24-20(17-5-3-1-2-4-6-17)23-12-11-22(13-16-7-9-21-10-8-16)18-14-27(25,26)15-19(18)23/h7-10,17-19H,1-6,11-15H2/t18-,19+/m1/s1. The summed E-state index contributed by atoms with van der Waals surface area (Å²) in [4.78, 5) is 21.5. The number of rotatable bonds is 3. The third kappa shape index (κ3) is 4.19. The van der Waals surface area contributed by atoms with Gasteiger partial charge in [-0.3, -0.25) is 14.7 Å². The van der Waals surface area contributed by atoms with Gasteiger partial charge in [-0.15, -0.1) is 0 Å². The van der Waals surface area contributed by atoms with E-state index < -0.39 is 9.84 Å². The predicted octanol–water partition coefficient (Wildman–Crippen LogP) is 1.86. The van der Waals surface area contributed by atoms with E-state index in [0.717, 1.165) is 37.8 Å². The summed E-state index contributed by atoms with van der Waals surface area (Å²) in [6, 6.07) is 3.66. The van der Waals surface area contributed by atoms with Crippen LogP contribution in [0.25, 0.3) is 0 Å². The third-order valence-corrected chi connectivity index (χ3v) is 8.11. The van der Waals surface area contributed by atoms with Crippen molar-refractivity contribution in [1.29, 1.82) is 0 Å². The summed E-state index contributed by atoms with van der Waals surface area (Å²) in [5, 5.41) is 0. The number of amides is 1. The molecule has 2 aliphatic heterocycles. The van der Waals surface area contributed by atoms with Gasteiger partial charge >= 0.3 is 0 Å². The molecule has 4 rings (SSSR count). The highest BCUT2D eigenvalue weighted by Crippen LogP contribution is 2.32. The van der Waals surface area contributed by atoms with E-state index in [-0.39, 0.29) is 35.4 Å². The average Bonchev–Trinajstić information content (AvgIpc) is 2.83. The first-order chi connectivity index (χ1) is 13.0. The fraction of sp³-hybridized carbons (Fsp3) is 0.700. The number of carbonyl (C=O) groups is 1. The molecule has 3 aliphatic rings. The molecule has 1 amide bonds. The zero-order valence-electron chi connectivity index (χ0n) is 15.8. The maximum atomic E-state index is 13.2. The highest BCUT2D eigenvalue weighted by Gasteiger charge is 2.48. The van der Waals surface area contributed by atoms with E-state index in [2.05, 4.69) is 9.88 Å². The molecular formula is C20H29N3O3S. The molecule has 7 heteroatoms. The normalized spacial score (nSPS) is 29.3. The number of hydrogen-bond donors (Lipinski definition) is 0. The zero-order valence-corrected chi connectivity index (χ0v) is 16.6. The third-order valence-electron chi connectivity index (χ3n) is 6.41. The molecule has 27 heavy (non-hydrogen) atoms. The molecule has 6 nitrogen and oxygen atoms in total. The summed E-state index contributed by atoms with van der Waals surface area (Å²) in [6.45, 7) is 2.08. The number of piperazine rings is 1. The second-order valence-corrected chi connectivity index (χ2v) is 10.4. The SMILES string of the molecule is O=C(C1CCCCCC1)N1CCN(Cc2ccncc2)[C@@H]2CS(=O)(=O)C[C@@H]21. The fourth-order valence-electron chi connectivity index (χ4n) is 4.98. The number of aromatic nitrogens is 1. The molecule has 0 spiro atoms. The van der Waals surface area contributed by atoms with Gasteiger partial charge in [-0.25, -0.2) is 8.42 Å². The molecule has 148 valence electrons. The van der Waals surface area contributed by atoms with Gasteiger partial charge in [0.1, 0.15) is 0 Å². The maximum absolute atomic E-state index is 13.2. The van der Waals surface area contributed by atoms with Crippen molar-refractivity contribution in [3.05, 3.63) is 30.1 Å². The second kappa shape index (κ2) is 7.87. The molecule has 2 atom stereocenters. The Balaban J connectivity index is 1.52. The first kappa shape index (κ1) is 18.9. The largest absolute Gasteiger partial charge is 0.336 e. The van der Waals surface area contributed by atoms with Crippen molar-refractivity contribution in [2.75, 3.05) is 24.6 Å². The van der Waals surface area contributed by atoms with Crippen LogP contribution in [0.15, 0.2) is 24.5 Å². The van der Waals surface area contributed by atoms with Gasteiger partial charge in [0, 0.05) is 44.0 Å². The van der Waals surface area contributed by atoms with E-state index in [1.54, 1.807) is 12.4 Å². The number of sulfone groups is 1. The quantitative estimate of drug-likeness (QED) is 0.736. The molecule has 3 fully saturated rings. The summed E-state index contributed by atoms with van der Waals surface area (Å²) < 4.78 is 24.8. The van der Waals surface area contributed by atoms with Gasteiger partial charge in [-0.05, 0) is 30.5 Å². The topological polar surface area (TPSA) is 70.6 Å². The Morgan fingerprint density at radius 3 is 2.37 bits per heavy atom. The molecule has 1 aromatic heterocycles. The summed E-state index contributed by atoms with van der Waals surface area (Å²) >= 11 is 0. The number of pyridine rings is 1. The lowest BCUT2D eigenvalue weighted by atomic mass is 9.95. The molecule has 1 aliphatic carbocycles. The van der Waals surface area contributed by atoms with Crippen molar-refractivity contribution in [2.24, 2.45) is 5.92 Å². The van der Waals surface area contributed by atoms with E-state index in [0.29, 0.717) is 13.1 Å². The van der Waals surface area contributed by atoms with Gasteiger partial charge in [0.15, 0.2) is 9.84 Å². The van der Waals surface area contributed by atoms with Crippen LogP contribution in [0.1, 0.15) is 44.1 Å². The average molecular weight is 392 g/mol. The number of carbonyl (C=O) groups excluding carboxylic acids is 1. The Kier molecular flexibility index (Phi) is 5.50. The first-order valence-electron chi connectivity index (χ1n) is 10.2. The molecule has 2 saturated heterocycles. The Bertz CT molecular complexity index is 760. The molecule has 1 saturated carbocycles. The molecule has 3 heterocycles. The molecule has 0 radical (unpaired) electrons. The molecule has 1 aromatic rings. The van der Waals surface area contributed by atoms with Gasteiger partial charge in [0.2, 0.25) is 5.91 Å². The van der Waals surface area contributed by atoms with Crippen molar-refractivity contribution >= 4 is 15.7 Å². The molecule has 0 N–H and O–H groups in total. The van der Waals surface area contributed by atoms with Crippen LogP contribution >= 0.6 is 0 Å². The molecular weight excluding hydrogens is 362 g/mol. The monoisotopic (exact) mass is 391 g/mol. The molecule has 0 bridgehead atoms. The minimum Gasteiger partial charge on any atom is -0.336 e. The smallest absolute Gasteiger partial charge is 0.226 e. The summed E-state index contributed by atoms with van der Waals surface area (Å²) in [7, 11) is -3.11. The zero-order chi connectivity index (χ0) is 18.9. The van der Waals surface area contributed by atoms with Gasteiger partial charge in [-0.2, -0.15) is 0 Å². The Morgan fingerprint density at radius 2 is 1.67 bits per heavy atom. The van der Waals surface area contributed by atoms with Crippen LogP contribution in [-0.2, 0) is 21.2 Å². The van der Waals surface area contributed by atoms with Crippen molar-refractivity contribution in [3.63, 3.8) is 0 Å². The van der Waals surface area contributed by atoms with Crippen LogP contribution in [0.2, 0.25) is 0 Å².